The highest BCUT2D eigenvalue weighted by molar-refractivity contribution is 8.27. The zero-order valence-corrected chi connectivity index (χ0v) is 15.4. The molecule has 0 N–H and O–H groups in total. The Balaban J connectivity index is 1.76. The Hall–Kier alpha value is -2.09. The molecule has 4 rings (SSSR count). The van der Waals surface area contributed by atoms with Crippen LogP contribution in [0.5, 0.6) is 0 Å². The van der Waals surface area contributed by atoms with Gasteiger partial charge in [-0.15, -0.1) is 0 Å². The van der Waals surface area contributed by atoms with Gasteiger partial charge in [0, 0.05) is 5.69 Å². The number of anilines is 2. The molecule has 0 aromatic heterocycles. The van der Waals surface area contributed by atoms with Crippen molar-refractivity contribution in [3.8, 4) is 0 Å². The van der Waals surface area contributed by atoms with Gasteiger partial charge in [-0.1, -0.05) is 72.1 Å². The molecule has 0 unspecified atom stereocenters. The van der Waals surface area contributed by atoms with E-state index in [4.69, 9.17) is 12.2 Å². The smallest absolute Gasteiger partial charge is 0.273 e. The zero-order chi connectivity index (χ0) is 17.4. The fourth-order valence-electron chi connectivity index (χ4n) is 2.67. The van der Waals surface area contributed by atoms with E-state index < -0.39 is 0 Å². The van der Waals surface area contributed by atoms with Crippen LogP contribution in [0.1, 0.15) is 0 Å². The maximum Gasteiger partial charge on any atom is 0.273 e. The first-order valence-corrected chi connectivity index (χ1v) is 9.74. The molecule has 2 aliphatic rings. The lowest BCUT2D eigenvalue weighted by Gasteiger charge is -2.18. The van der Waals surface area contributed by atoms with Crippen LogP contribution in [0, 0.1) is 0 Å². The number of benzene rings is 2. The molecule has 2 saturated heterocycles. The van der Waals surface area contributed by atoms with Gasteiger partial charge >= 0.3 is 0 Å². The van der Waals surface area contributed by atoms with Crippen molar-refractivity contribution >= 4 is 63.3 Å². The van der Waals surface area contributed by atoms with Crippen molar-refractivity contribution in [2.24, 2.45) is 0 Å². The second kappa shape index (κ2) is 6.67. The van der Waals surface area contributed by atoms with Gasteiger partial charge in [0.15, 0.2) is 4.32 Å². The van der Waals surface area contributed by atoms with Gasteiger partial charge < -0.3 is 0 Å². The van der Waals surface area contributed by atoms with E-state index in [-0.39, 0.29) is 11.8 Å². The van der Waals surface area contributed by atoms with Crippen LogP contribution in [-0.4, -0.2) is 21.9 Å². The van der Waals surface area contributed by atoms with Gasteiger partial charge in [-0.3, -0.25) is 19.4 Å². The normalized spacial score (nSPS) is 20.7. The summed E-state index contributed by atoms with van der Waals surface area (Å²) < 4.78 is 0.478. The second-order valence-electron chi connectivity index (χ2n) is 5.33. The predicted octanol–water partition coefficient (Wildman–Crippen LogP) is 4.00. The predicted molar refractivity (Wildman–Crippen MR) is 108 cm³/mol. The molecular formula is C18H12N2O2S3. The number of thiocarbonyl (C=S) groups is 1. The van der Waals surface area contributed by atoms with Gasteiger partial charge in [-0.05, 0) is 24.3 Å². The average Bonchev–Trinajstić information content (AvgIpc) is 3.16. The number of hydrogen-bond acceptors (Lipinski definition) is 5. The maximum atomic E-state index is 13.0. The fraction of sp³-hybridized carbons (Fsp3) is 0.0556. The maximum absolute atomic E-state index is 13.0. The van der Waals surface area contributed by atoms with Crippen LogP contribution in [0.15, 0.2) is 70.6 Å². The fourth-order valence-corrected chi connectivity index (χ4v) is 5.17. The first-order valence-electron chi connectivity index (χ1n) is 7.53. The molecule has 2 fully saturated rings. The highest BCUT2D eigenvalue weighted by Gasteiger charge is 2.40. The highest BCUT2D eigenvalue weighted by atomic mass is 32.2. The molecule has 0 radical (unpaired) electrons. The Labute approximate surface area is 158 Å². The summed E-state index contributed by atoms with van der Waals surface area (Å²) in [5.74, 6) is 0.107. The van der Waals surface area contributed by atoms with E-state index in [1.54, 1.807) is 4.90 Å². The Morgan fingerprint density at radius 1 is 0.840 bits per heavy atom. The van der Waals surface area contributed by atoms with Gasteiger partial charge in [0.1, 0.15) is 9.93 Å². The number of rotatable bonds is 2. The number of carbonyl (C=O) groups excluding carboxylic acids is 2. The largest absolute Gasteiger partial charge is 0.273 e. The molecule has 0 atom stereocenters. The van der Waals surface area contributed by atoms with Crippen LogP contribution in [0.25, 0.3) is 0 Å². The lowest BCUT2D eigenvalue weighted by Crippen LogP contribution is -2.29. The summed E-state index contributed by atoms with van der Waals surface area (Å²) >= 11 is 8.05. The van der Waals surface area contributed by atoms with Crippen molar-refractivity contribution in [2.75, 3.05) is 15.6 Å². The van der Waals surface area contributed by atoms with Crippen molar-refractivity contribution in [3.05, 3.63) is 70.6 Å². The quantitative estimate of drug-likeness (QED) is 0.578. The topological polar surface area (TPSA) is 40.6 Å². The molecule has 124 valence electrons. The van der Waals surface area contributed by atoms with Crippen LogP contribution in [0.4, 0.5) is 11.4 Å². The minimum absolute atomic E-state index is 0.0313. The minimum Gasteiger partial charge on any atom is -0.273 e. The molecule has 0 aliphatic carbocycles. The number of carbonyl (C=O) groups is 2. The average molecular weight is 385 g/mol. The molecule has 2 amide bonds. The number of amides is 2. The molecule has 4 nitrogen and oxygen atoms in total. The molecule has 0 saturated carbocycles. The van der Waals surface area contributed by atoms with Crippen LogP contribution in [-0.2, 0) is 9.59 Å². The standard InChI is InChI=1S/C18H12N2O2S3/c21-14-11-24-17(19(14)12-7-3-1-4-8-12)15-16(22)20(18(23)25-15)13-9-5-2-6-10-13/h1-10H,11H2. The number of para-hydroxylation sites is 2. The number of thioether (sulfide) groups is 2. The molecule has 2 aromatic carbocycles. The van der Waals surface area contributed by atoms with Crippen LogP contribution in [0.2, 0.25) is 0 Å². The van der Waals surface area contributed by atoms with E-state index in [9.17, 15) is 9.59 Å². The number of nitrogens with zero attached hydrogens (tertiary/aromatic N) is 2. The third kappa shape index (κ3) is 2.88. The summed E-state index contributed by atoms with van der Waals surface area (Å²) in [7, 11) is 0. The van der Waals surface area contributed by atoms with E-state index in [0.29, 0.717) is 20.0 Å². The minimum atomic E-state index is -0.181. The van der Waals surface area contributed by atoms with E-state index in [0.717, 1.165) is 11.4 Å². The summed E-state index contributed by atoms with van der Waals surface area (Å²) in [5.41, 5.74) is 1.50. The van der Waals surface area contributed by atoms with Crippen molar-refractivity contribution in [1.82, 2.24) is 0 Å². The third-order valence-corrected chi connectivity index (χ3v) is 6.32. The van der Waals surface area contributed by atoms with Crippen molar-refractivity contribution in [1.29, 1.82) is 0 Å². The SMILES string of the molecule is O=C1CSC(=C2SC(=S)N(c3ccccc3)C2=O)N1c1ccccc1. The van der Waals surface area contributed by atoms with E-state index >= 15 is 0 Å². The molecule has 2 heterocycles. The number of hydrogen-bond donors (Lipinski definition) is 0. The Bertz CT molecular complexity index is 897. The van der Waals surface area contributed by atoms with E-state index in [1.165, 1.54) is 28.4 Å². The van der Waals surface area contributed by atoms with Crippen LogP contribution < -0.4 is 9.80 Å². The first kappa shape index (κ1) is 16.4. The summed E-state index contributed by atoms with van der Waals surface area (Å²) in [6.07, 6.45) is 0. The van der Waals surface area contributed by atoms with E-state index in [2.05, 4.69) is 0 Å². The van der Waals surface area contributed by atoms with Crippen molar-refractivity contribution in [2.45, 2.75) is 0 Å². The van der Waals surface area contributed by atoms with Gasteiger partial charge in [-0.2, -0.15) is 0 Å². The lowest BCUT2D eigenvalue weighted by molar-refractivity contribution is -0.115. The van der Waals surface area contributed by atoms with Gasteiger partial charge in [-0.25, -0.2) is 0 Å². The van der Waals surface area contributed by atoms with Gasteiger partial charge in [0.2, 0.25) is 5.91 Å². The van der Waals surface area contributed by atoms with Crippen LogP contribution in [0.3, 0.4) is 0 Å². The highest BCUT2D eigenvalue weighted by Crippen LogP contribution is 2.44. The van der Waals surface area contributed by atoms with Crippen LogP contribution >= 0.6 is 35.7 Å². The van der Waals surface area contributed by atoms with Gasteiger partial charge in [0.25, 0.3) is 5.91 Å². The monoisotopic (exact) mass is 384 g/mol. The van der Waals surface area contributed by atoms with Crippen molar-refractivity contribution < 1.29 is 9.59 Å². The molecular weight excluding hydrogens is 372 g/mol. The molecule has 2 aromatic rings. The third-order valence-electron chi connectivity index (χ3n) is 3.78. The van der Waals surface area contributed by atoms with E-state index in [1.807, 2.05) is 60.7 Å². The Morgan fingerprint density at radius 2 is 1.40 bits per heavy atom. The summed E-state index contributed by atoms with van der Waals surface area (Å²) in [5, 5.41) is 0.659. The Kier molecular flexibility index (Phi) is 4.37. The molecule has 2 aliphatic heterocycles. The first-order chi connectivity index (χ1) is 12.2. The summed E-state index contributed by atoms with van der Waals surface area (Å²) in [4.78, 5) is 29.0. The summed E-state index contributed by atoms with van der Waals surface area (Å²) in [6, 6.07) is 18.7. The second-order valence-corrected chi connectivity index (χ2v) is 7.94. The molecule has 0 bridgehead atoms. The molecule has 7 heteroatoms. The Morgan fingerprint density at radius 3 is 2.00 bits per heavy atom. The van der Waals surface area contributed by atoms with Crippen molar-refractivity contribution in [3.63, 3.8) is 0 Å². The summed E-state index contributed by atoms with van der Waals surface area (Å²) in [6.45, 7) is 0. The zero-order valence-electron chi connectivity index (χ0n) is 12.9. The molecule has 25 heavy (non-hydrogen) atoms. The van der Waals surface area contributed by atoms with Gasteiger partial charge in [0.05, 0.1) is 11.4 Å². The molecule has 0 spiro atoms. The lowest BCUT2D eigenvalue weighted by atomic mass is 10.3.